The van der Waals surface area contributed by atoms with E-state index in [4.69, 9.17) is 0 Å². The molecule has 31 heavy (non-hydrogen) atoms. The van der Waals surface area contributed by atoms with E-state index >= 15 is 0 Å². The summed E-state index contributed by atoms with van der Waals surface area (Å²) in [4.78, 5) is 30.9. The average molecular weight is 423 g/mol. The Morgan fingerprint density at radius 3 is 2.90 bits per heavy atom. The number of hydrogen-bond acceptors (Lipinski definition) is 6. The number of β-amino-alcohol motifs (C(OH)–C–C–N with tert-alkyl or cyclic N) is 1. The second kappa shape index (κ2) is 8.63. The number of carbonyl (C=O) groups is 1. The predicted octanol–water partition coefficient (Wildman–Crippen LogP) is 2.36. The van der Waals surface area contributed by atoms with Crippen LogP contribution in [0.15, 0.2) is 24.5 Å². The van der Waals surface area contributed by atoms with Crippen molar-refractivity contribution < 1.29 is 9.90 Å². The third kappa shape index (κ3) is 5.02. The van der Waals surface area contributed by atoms with Crippen molar-refractivity contribution in [3.05, 3.63) is 47.2 Å². The number of imidazole rings is 1. The first kappa shape index (κ1) is 21.2. The third-order valence-electron chi connectivity index (χ3n) is 5.84. The normalized spacial score (nSPS) is 19.0. The van der Waals surface area contributed by atoms with Crippen LogP contribution in [-0.2, 0) is 11.2 Å². The highest BCUT2D eigenvalue weighted by atomic mass is 16.3. The number of anilines is 1. The van der Waals surface area contributed by atoms with Gasteiger partial charge in [-0.1, -0.05) is 6.07 Å². The van der Waals surface area contributed by atoms with E-state index in [2.05, 4.69) is 49.2 Å². The van der Waals surface area contributed by atoms with Crippen molar-refractivity contribution >= 4 is 22.8 Å². The lowest BCUT2D eigenvalue weighted by atomic mass is 9.92. The van der Waals surface area contributed by atoms with Gasteiger partial charge in [0, 0.05) is 44.2 Å². The standard InChI is InChI=1S/C23H30N6O2/c1-15-9-16(2)22-18(10-15)27-19(28-22)5-6-21(30)24-12-23(31)7-4-8-29(13-23)20-11-17(3)25-14-26-20/h9-11,14,31H,4-8,12-13H2,1-3H3,(H,24,30)(H,27,28). The summed E-state index contributed by atoms with van der Waals surface area (Å²) in [5, 5.41) is 14.0. The molecule has 0 spiro atoms. The van der Waals surface area contributed by atoms with E-state index in [1.165, 1.54) is 5.56 Å². The first-order valence-corrected chi connectivity index (χ1v) is 10.8. The zero-order valence-electron chi connectivity index (χ0n) is 18.4. The maximum Gasteiger partial charge on any atom is 0.220 e. The van der Waals surface area contributed by atoms with Crippen molar-refractivity contribution in [2.75, 3.05) is 24.5 Å². The largest absolute Gasteiger partial charge is 0.386 e. The minimum Gasteiger partial charge on any atom is -0.386 e. The summed E-state index contributed by atoms with van der Waals surface area (Å²) in [5.41, 5.74) is 4.20. The molecule has 1 unspecified atom stereocenters. The molecule has 1 saturated heterocycles. The lowest BCUT2D eigenvalue weighted by Crippen LogP contribution is -2.54. The molecule has 0 aliphatic carbocycles. The molecule has 3 N–H and O–H groups in total. The fourth-order valence-corrected chi connectivity index (χ4v) is 4.29. The fraction of sp³-hybridized carbons (Fsp3) is 0.478. The Hall–Kier alpha value is -3.00. The number of benzene rings is 1. The van der Waals surface area contributed by atoms with Gasteiger partial charge < -0.3 is 20.3 Å². The van der Waals surface area contributed by atoms with Gasteiger partial charge in [-0.2, -0.15) is 0 Å². The molecule has 1 atom stereocenters. The van der Waals surface area contributed by atoms with Crippen molar-refractivity contribution in [1.82, 2.24) is 25.3 Å². The second-order valence-electron chi connectivity index (χ2n) is 8.71. The van der Waals surface area contributed by atoms with Crippen LogP contribution in [-0.4, -0.2) is 56.2 Å². The monoisotopic (exact) mass is 422 g/mol. The first-order valence-electron chi connectivity index (χ1n) is 10.8. The molecule has 4 rings (SSSR count). The molecule has 1 aliphatic heterocycles. The van der Waals surface area contributed by atoms with Crippen molar-refractivity contribution in [2.24, 2.45) is 0 Å². The predicted molar refractivity (Wildman–Crippen MR) is 120 cm³/mol. The van der Waals surface area contributed by atoms with E-state index in [0.29, 0.717) is 25.8 Å². The summed E-state index contributed by atoms with van der Waals surface area (Å²) in [6.07, 6.45) is 3.89. The molecule has 3 aromatic rings. The van der Waals surface area contributed by atoms with Crippen LogP contribution in [0.3, 0.4) is 0 Å². The number of H-pyrrole nitrogens is 1. The number of piperidine rings is 1. The number of rotatable bonds is 6. The minimum absolute atomic E-state index is 0.0863. The summed E-state index contributed by atoms with van der Waals surface area (Å²) in [5.74, 6) is 1.53. The molecule has 8 heteroatoms. The Bertz CT molecular complexity index is 1090. The lowest BCUT2D eigenvalue weighted by Gasteiger charge is -2.39. The Labute approximate surface area is 182 Å². The number of aromatic amines is 1. The molecule has 164 valence electrons. The highest BCUT2D eigenvalue weighted by molar-refractivity contribution is 5.80. The van der Waals surface area contributed by atoms with E-state index in [0.717, 1.165) is 46.9 Å². The lowest BCUT2D eigenvalue weighted by molar-refractivity contribution is -0.122. The quantitative estimate of drug-likeness (QED) is 0.563. The molecule has 0 radical (unpaired) electrons. The van der Waals surface area contributed by atoms with Gasteiger partial charge in [-0.05, 0) is 50.8 Å². The Kier molecular flexibility index (Phi) is 5.91. The molecule has 0 bridgehead atoms. The van der Waals surface area contributed by atoms with Crippen molar-refractivity contribution in [2.45, 2.75) is 52.1 Å². The number of hydrogen-bond donors (Lipinski definition) is 3. The van der Waals surface area contributed by atoms with Gasteiger partial charge in [-0.3, -0.25) is 4.79 Å². The van der Waals surface area contributed by atoms with E-state index < -0.39 is 5.60 Å². The molecule has 3 heterocycles. The number of aliphatic hydroxyl groups is 1. The maximum atomic E-state index is 12.4. The van der Waals surface area contributed by atoms with Gasteiger partial charge in [-0.15, -0.1) is 0 Å². The maximum absolute atomic E-state index is 12.4. The second-order valence-corrected chi connectivity index (χ2v) is 8.71. The third-order valence-corrected chi connectivity index (χ3v) is 5.84. The van der Waals surface area contributed by atoms with E-state index in [1.807, 2.05) is 19.9 Å². The summed E-state index contributed by atoms with van der Waals surface area (Å²) >= 11 is 0. The smallest absolute Gasteiger partial charge is 0.220 e. The van der Waals surface area contributed by atoms with Gasteiger partial charge in [-0.25, -0.2) is 15.0 Å². The number of nitrogens with one attached hydrogen (secondary N) is 2. The highest BCUT2D eigenvalue weighted by Gasteiger charge is 2.34. The number of aryl methyl sites for hydroxylation is 4. The van der Waals surface area contributed by atoms with E-state index in [1.54, 1.807) is 6.33 Å². The number of fused-ring (bicyclic) bond motifs is 1. The number of amides is 1. The number of aromatic nitrogens is 4. The molecule has 1 fully saturated rings. The van der Waals surface area contributed by atoms with Crippen LogP contribution in [0.5, 0.6) is 0 Å². The van der Waals surface area contributed by atoms with Gasteiger partial charge in [0.15, 0.2) is 0 Å². The molecule has 8 nitrogen and oxygen atoms in total. The molecule has 1 amide bonds. The van der Waals surface area contributed by atoms with Crippen molar-refractivity contribution in [1.29, 1.82) is 0 Å². The minimum atomic E-state index is -0.971. The van der Waals surface area contributed by atoms with Crippen molar-refractivity contribution in [3.63, 3.8) is 0 Å². The van der Waals surface area contributed by atoms with Crippen LogP contribution in [0.25, 0.3) is 11.0 Å². The number of carbonyl (C=O) groups excluding carboxylic acids is 1. The van der Waals surface area contributed by atoms with Gasteiger partial charge in [0.1, 0.15) is 18.0 Å². The average Bonchev–Trinajstić information content (AvgIpc) is 3.14. The topological polar surface area (TPSA) is 107 Å². The highest BCUT2D eigenvalue weighted by Crippen LogP contribution is 2.24. The Morgan fingerprint density at radius 1 is 1.26 bits per heavy atom. The van der Waals surface area contributed by atoms with Crippen LogP contribution in [0.1, 0.15) is 41.9 Å². The zero-order chi connectivity index (χ0) is 22.0. The molecular formula is C23H30N6O2. The van der Waals surface area contributed by atoms with Crippen LogP contribution < -0.4 is 10.2 Å². The summed E-state index contributed by atoms with van der Waals surface area (Å²) in [6, 6.07) is 6.10. The zero-order valence-corrected chi connectivity index (χ0v) is 18.4. The SMILES string of the molecule is Cc1cc(C)c2nc(CCC(=O)NCC3(O)CCCN(c4cc(C)ncn4)C3)[nH]c2c1. The van der Waals surface area contributed by atoms with E-state index in [9.17, 15) is 9.90 Å². The van der Waals surface area contributed by atoms with E-state index in [-0.39, 0.29) is 12.5 Å². The van der Waals surface area contributed by atoms with Crippen LogP contribution in [0.4, 0.5) is 5.82 Å². The molecule has 2 aromatic heterocycles. The van der Waals surface area contributed by atoms with Gasteiger partial charge in [0.2, 0.25) is 5.91 Å². The Morgan fingerprint density at radius 2 is 2.10 bits per heavy atom. The molecule has 1 aliphatic rings. The fourth-order valence-electron chi connectivity index (χ4n) is 4.29. The van der Waals surface area contributed by atoms with Crippen LogP contribution in [0.2, 0.25) is 0 Å². The summed E-state index contributed by atoms with van der Waals surface area (Å²) < 4.78 is 0. The van der Waals surface area contributed by atoms with Crippen molar-refractivity contribution in [3.8, 4) is 0 Å². The summed E-state index contributed by atoms with van der Waals surface area (Å²) in [6.45, 7) is 7.52. The first-order chi connectivity index (χ1) is 14.8. The van der Waals surface area contributed by atoms with Gasteiger partial charge >= 0.3 is 0 Å². The molecule has 0 saturated carbocycles. The van der Waals surface area contributed by atoms with Gasteiger partial charge in [0.25, 0.3) is 0 Å². The molecule has 1 aromatic carbocycles. The summed E-state index contributed by atoms with van der Waals surface area (Å²) in [7, 11) is 0. The number of nitrogens with zero attached hydrogens (tertiary/aromatic N) is 4. The van der Waals surface area contributed by atoms with Gasteiger partial charge in [0.05, 0.1) is 16.6 Å². The van der Waals surface area contributed by atoms with Crippen LogP contribution >= 0.6 is 0 Å². The van der Waals surface area contributed by atoms with Crippen LogP contribution in [0, 0.1) is 20.8 Å². The Balaban J connectivity index is 1.31. The molecular weight excluding hydrogens is 392 g/mol.